The first-order chi connectivity index (χ1) is 18.0. The average Bonchev–Trinajstić information content (AvgIpc) is 2.81. The van der Waals surface area contributed by atoms with Crippen molar-refractivity contribution in [1.82, 2.24) is 9.97 Å². The summed E-state index contributed by atoms with van der Waals surface area (Å²) >= 11 is 0. The van der Waals surface area contributed by atoms with Crippen LogP contribution in [0.5, 0.6) is 5.75 Å². The van der Waals surface area contributed by atoms with Gasteiger partial charge in [0.2, 0.25) is 0 Å². The number of hydrogen-bond donors (Lipinski definition) is 2. The van der Waals surface area contributed by atoms with E-state index >= 15 is 4.39 Å². The Bertz CT molecular complexity index is 1380. The Labute approximate surface area is 219 Å². The molecule has 2 N–H and O–H groups in total. The van der Waals surface area contributed by atoms with Crippen LogP contribution in [-0.4, -0.2) is 54.2 Å². The van der Waals surface area contributed by atoms with Crippen molar-refractivity contribution in [2.75, 3.05) is 38.9 Å². The summed E-state index contributed by atoms with van der Waals surface area (Å²) in [5.41, 5.74) is -2.07. The summed E-state index contributed by atoms with van der Waals surface area (Å²) in [7, 11) is 1.57. The first kappa shape index (κ1) is 27.6. The molecule has 0 aliphatic carbocycles. The lowest BCUT2D eigenvalue weighted by Gasteiger charge is -2.30. The van der Waals surface area contributed by atoms with E-state index in [9.17, 15) is 13.9 Å². The van der Waals surface area contributed by atoms with Crippen LogP contribution >= 0.6 is 0 Å². The molecule has 1 aliphatic rings. The quantitative estimate of drug-likeness (QED) is 0.310. The molecule has 1 aromatic heterocycles. The number of fused-ring (bicyclic) bond motifs is 1. The second-order valence-corrected chi connectivity index (χ2v) is 9.60. The zero-order valence-corrected chi connectivity index (χ0v) is 21.7. The van der Waals surface area contributed by atoms with Gasteiger partial charge in [0.1, 0.15) is 35.4 Å². The van der Waals surface area contributed by atoms with Crippen LogP contribution in [0.25, 0.3) is 10.9 Å². The van der Waals surface area contributed by atoms with E-state index in [-0.39, 0.29) is 18.0 Å². The SMILES string of the molecule is COCCOc1cc2c(NCc3cccc(C(F)(F)C(C)(C)O)c3F)nc(C)nc2cc1C#CC1COC1. The van der Waals surface area contributed by atoms with Crippen LogP contribution in [-0.2, 0) is 21.9 Å². The largest absolute Gasteiger partial charge is 0.490 e. The van der Waals surface area contributed by atoms with Crippen LogP contribution in [0.2, 0.25) is 0 Å². The Morgan fingerprint density at radius 1 is 1.18 bits per heavy atom. The van der Waals surface area contributed by atoms with Crippen molar-refractivity contribution in [2.45, 2.75) is 38.8 Å². The zero-order valence-electron chi connectivity index (χ0n) is 21.7. The maximum Gasteiger partial charge on any atom is 0.303 e. The minimum absolute atomic E-state index is 0.00221. The van der Waals surface area contributed by atoms with E-state index in [1.807, 2.05) is 0 Å². The number of benzene rings is 2. The molecule has 4 rings (SSSR count). The lowest BCUT2D eigenvalue weighted by atomic mass is 9.92. The van der Waals surface area contributed by atoms with Gasteiger partial charge in [0.15, 0.2) is 0 Å². The molecule has 0 amide bonds. The number of nitrogens with one attached hydrogen (secondary N) is 1. The lowest BCUT2D eigenvalue weighted by Crippen LogP contribution is -2.41. The number of rotatable bonds is 9. The van der Waals surface area contributed by atoms with Gasteiger partial charge in [-0.25, -0.2) is 14.4 Å². The van der Waals surface area contributed by atoms with E-state index in [1.165, 1.54) is 12.1 Å². The molecule has 10 heteroatoms. The summed E-state index contributed by atoms with van der Waals surface area (Å²) in [5.74, 6) is 2.96. The number of nitrogens with zero attached hydrogens (tertiary/aromatic N) is 2. The fourth-order valence-electron chi connectivity index (χ4n) is 3.82. The number of alkyl halides is 2. The highest BCUT2D eigenvalue weighted by molar-refractivity contribution is 5.91. The van der Waals surface area contributed by atoms with Crippen molar-refractivity contribution in [2.24, 2.45) is 5.92 Å². The fourth-order valence-corrected chi connectivity index (χ4v) is 3.82. The van der Waals surface area contributed by atoms with E-state index in [1.54, 1.807) is 26.2 Å². The van der Waals surface area contributed by atoms with Gasteiger partial charge in [0, 0.05) is 24.6 Å². The third-order valence-electron chi connectivity index (χ3n) is 6.13. The zero-order chi connectivity index (χ0) is 27.5. The van der Waals surface area contributed by atoms with Gasteiger partial charge in [0.05, 0.1) is 42.4 Å². The van der Waals surface area contributed by atoms with Gasteiger partial charge in [0.25, 0.3) is 0 Å². The summed E-state index contributed by atoms with van der Waals surface area (Å²) in [6, 6.07) is 7.26. The second-order valence-electron chi connectivity index (χ2n) is 9.60. The number of anilines is 1. The number of aromatic nitrogens is 2. The molecule has 7 nitrogen and oxygen atoms in total. The van der Waals surface area contributed by atoms with Gasteiger partial charge < -0.3 is 24.6 Å². The van der Waals surface area contributed by atoms with Gasteiger partial charge in [-0.1, -0.05) is 24.0 Å². The Kier molecular flexibility index (Phi) is 8.11. The van der Waals surface area contributed by atoms with Gasteiger partial charge >= 0.3 is 5.92 Å². The third-order valence-corrected chi connectivity index (χ3v) is 6.13. The van der Waals surface area contributed by atoms with Crippen molar-refractivity contribution in [3.63, 3.8) is 0 Å². The van der Waals surface area contributed by atoms with Crippen molar-refractivity contribution < 1.29 is 32.5 Å². The summed E-state index contributed by atoms with van der Waals surface area (Å²) in [4.78, 5) is 8.97. The number of hydrogen-bond acceptors (Lipinski definition) is 7. The monoisotopic (exact) mass is 529 g/mol. The molecule has 38 heavy (non-hydrogen) atoms. The molecule has 3 aromatic rings. The van der Waals surface area contributed by atoms with Gasteiger partial charge in [-0.3, -0.25) is 0 Å². The molecule has 0 bridgehead atoms. The molecular weight excluding hydrogens is 499 g/mol. The molecule has 0 saturated carbocycles. The van der Waals surface area contributed by atoms with Crippen molar-refractivity contribution in [3.8, 4) is 17.6 Å². The molecule has 1 fully saturated rings. The third kappa shape index (κ3) is 5.85. The molecule has 0 unspecified atom stereocenters. The molecule has 2 heterocycles. The maximum absolute atomic E-state index is 15.1. The fraction of sp³-hybridized carbons (Fsp3) is 0.429. The number of ether oxygens (including phenoxy) is 3. The van der Waals surface area contributed by atoms with E-state index in [0.717, 1.165) is 19.9 Å². The molecule has 1 aliphatic heterocycles. The summed E-state index contributed by atoms with van der Waals surface area (Å²) < 4.78 is 60.7. The molecule has 0 atom stereocenters. The summed E-state index contributed by atoms with van der Waals surface area (Å²) in [6.45, 7) is 5.33. The van der Waals surface area contributed by atoms with E-state index < -0.39 is 22.9 Å². The van der Waals surface area contributed by atoms with Crippen molar-refractivity contribution in [1.29, 1.82) is 0 Å². The van der Waals surface area contributed by atoms with Gasteiger partial charge in [-0.05, 0) is 39.0 Å². The molecule has 0 radical (unpaired) electrons. The maximum atomic E-state index is 15.1. The molecule has 0 spiro atoms. The van der Waals surface area contributed by atoms with E-state index in [0.29, 0.717) is 60.3 Å². The Hall–Kier alpha value is -3.39. The number of aryl methyl sites for hydroxylation is 1. The smallest absolute Gasteiger partial charge is 0.303 e. The molecular formula is C28H30F3N3O4. The van der Waals surface area contributed by atoms with Crippen LogP contribution in [0.3, 0.4) is 0 Å². The molecule has 2 aromatic carbocycles. The summed E-state index contributed by atoms with van der Waals surface area (Å²) in [5, 5.41) is 13.5. The lowest BCUT2D eigenvalue weighted by molar-refractivity contribution is -0.170. The average molecular weight is 530 g/mol. The van der Waals surface area contributed by atoms with E-state index in [2.05, 4.69) is 27.1 Å². The highest BCUT2D eigenvalue weighted by Crippen LogP contribution is 2.40. The van der Waals surface area contributed by atoms with Crippen molar-refractivity contribution >= 4 is 16.7 Å². The summed E-state index contributed by atoms with van der Waals surface area (Å²) in [6.07, 6.45) is 0. The van der Waals surface area contributed by atoms with Crippen LogP contribution in [0.4, 0.5) is 19.0 Å². The Balaban J connectivity index is 1.68. The van der Waals surface area contributed by atoms with Gasteiger partial charge in [-0.15, -0.1) is 0 Å². The number of methoxy groups -OCH3 is 1. The minimum Gasteiger partial charge on any atom is -0.490 e. The number of aliphatic hydroxyl groups is 1. The highest BCUT2D eigenvalue weighted by atomic mass is 19.3. The van der Waals surface area contributed by atoms with Crippen LogP contribution < -0.4 is 10.1 Å². The van der Waals surface area contributed by atoms with Crippen LogP contribution in [0.1, 0.15) is 36.4 Å². The minimum atomic E-state index is -3.79. The Morgan fingerprint density at radius 2 is 1.95 bits per heavy atom. The Morgan fingerprint density at radius 3 is 2.61 bits per heavy atom. The standard InChI is InChI=1S/C28H30F3N3O4/c1-17-33-23-12-19(9-8-18-15-37-16-18)24(38-11-10-36-4)13-21(23)26(34-17)32-14-20-6-5-7-22(25(20)29)28(30,31)27(2,3)35/h5-7,12-13,18,35H,10-11,14-16H2,1-4H3,(H,32,33,34). The van der Waals surface area contributed by atoms with E-state index in [4.69, 9.17) is 14.2 Å². The normalized spacial score (nSPS) is 14.1. The van der Waals surface area contributed by atoms with Crippen molar-refractivity contribution in [3.05, 3.63) is 58.7 Å². The van der Waals surface area contributed by atoms with Crippen LogP contribution in [0.15, 0.2) is 30.3 Å². The van der Waals surface area contributed by atoms with Gasteiger partial charge in [-0.2, -0.15) is 8.78 Å². The number of halogens is 3. The first-order valence-corrected chi connectivity index (χ1v) is 12.2. The van der Waals surface area contributed by atoms with Crippen LogP contribution in [0, 0.1) is 30.5 Å². The predicted molar refractivity (Wildman–Crippen MR) is 137 cm³/mol. The topological polar surface area (TPSA) is 85.7 Å². The molecule has 202 valence electrons. The highest BCUT2D eigenvalue weighted by Gasteiger charge is 2.49. The molecule has 1 saturated heterocycles. The predicted octanol–water partition coefficient (Wildman–Crippen LogP) is 4.58. The first-order valence-electron chi connectivity index (χ1n) is 12.2. The second kappa shape index (κ2) is 11.2.